The highest BCUT2D eigenvalue weighted by atomic mass is 16.3. The number of benzene rings is 1. The number of nitrogens with one attached hydrogen (secondary N) is 2. The topological polar surface area (TPSA) is 61.4 Å². The molecule has 1 aliphatic rings. The van der Waals surface area contributed by atoms with Crippen LogP contribution in [0, 0.1) is 19.3 Å². The SMILES string of the molecule is CCC1(C(=O)Nc2ccc(C)c(O)c2C)CCCNC1. The number of phenolic OH excluding ortho intramolecular Hbond substituents is 1. The molecule has 0 radical (unpaired) electrons. The van der Waals surface area contributed by atoms with E-state index in [1.807, 2.05) is 26.0 Å². The Bertz CT molecular complexity index is 505. The van der Waals surface area contributed by atoms with Crippen LogP contribution in [-0.2, 0) is 4.79 Å². The first-order chi connectivity index (χ1) is 9.50. The standard InChI is InChI=1S/C16H24N2O2/c1-4-16(8-5-9-17-10-16)15(20)18-13-7-6-11(2)14(19)12(13)3/h6-7,17,19H,4-5,8-10H2,1-3H3,(H,18,20). The van der Waals surface area contributed by atoms with Gasteiger partial charge in [0.1, 0.15) is 5.75 Å². The molecule has 1 saturated heterocycles. The normalized spacial score (nSPS) is 22.6. The number of aromatic hydroxyl groups is 1. The Labute approximate surface area is 120 Å². The van der Waals surface area contributed by atoms with Gasteiger partial charge >= 0.3 is 0 Å². The first-order valence-corrected chi connectivity index (χ1v) is 7.31. The first-order valence-electron chi connectivity index (χ1n) is 7.31. The van der Waals surface area contributed by atoms with E-state index in [0.717, 1.165) is 43.5 Å². The third-order valence-electron chi connectivity index (χ3n) is 4.51. The quantitative estimate of drug-likeness (QED) is 0.795. The number of anilines is 1. The molecule has 1 aromatic rings. The van der Waals surface area contributed by atoms with Crippen molar-refractivity contribution < 1.29 is 9.90 Å². The number of piperidine rings is 1. The van der Waals surface area contributed by atoms with Crippen molar-refractivity contribution in [1.82, 2.24) is 5.32 Å². The summed E-state index contributed by atoms with van der Waals surface area (Å²) in [5, 5.41) is 16.3. The van der Waals surface area contributed by atoms with Crippen LogP contribution in [0.3, 0.4) is 0 Å². The van der Waals surface area contributed by atoms with Gasteiger partial charge in [0.05, 0.1) is 5.41 Å². The molecule has 0 bridgehead atoms. The molecule has 1 aliphatic heterocycles. The van der Waals surface area contributed by atoms with E-state index in [2.05, 4.69) is 17.6 Å². The highest BCUT2D eigenvalue weighted by molar-refractivity contribution is 5.96. The van der Waals surface area contributed by atoms with Crippen LogP contribution in [0.5, 0.6) is 5.75 Å². The molecule has 1 unspecified atom stereocenters. The zero-order valence-electron chi connectivity index (χ0n) is 12.5. The third kappa shape index (κ3) is 2.66. The van der Waals surface area contributed by atoms with Gasteiger partial charge in [-0.15, -0.1) is 0 Å². The Morgan fingerprint density at radius 3 is 2.80 bits per heavy atom. The lowest BCUT2D eigenvalue weighted by Gasteiger charge is -2.35. The predicted molar refractivity (Wildman–Crippen MR) is 81.0 cm³/mol. The van der Waals surface area contributed by atoms with Crippen molar-refractivity contribution in [3.8, 4) is 5.75 Å². The molecular formula is C16H24N2O2. The van der Waals surface area contributed by atoms with Crippen LogP contribution < -0.4 is 10.6 Å². The molecule has 1 aromatic carbocycles. The van der Waals surface area contributed by atoms with E-state index in [1.54, 1.807) is 0 Å². The summed E-state index contributed by atoms with van der Waals surface area (Å²) in [5.74, 6) is 0.314. The van der Waals surface area contributed by atoms with Crippen molar-refractivity contribution in [2.24, 2.45) is 5.41 Å². The second kappa shape index (κ2) is 5.83. The van der Waals surface area contributed by atoms with Crippen molar-refractivity contribution in [3.63, 3.8) is 0 Å². The summed E-state index contributed by atoms with van der Waals surface area (Å²) < 4.78 is 0. The van der Waals surface area contributed by atoms with Crippen molar-refractivity contribution in [2.45, 2.75) is 40.0 Å². The number of hydrogen-bond acceptors (Lipinski definition) is 3. The lowest BCUT2D eigenvalue weighted by Crippen LogP contribution is -2.47. The van der Waals surface area contributed by atoms with E-state index in [1.165, 1.54) is 0 Å². The Morgan fingerprint density at radius 2 is 2.20 bits per heavy atom. The summed E-state index contributed by atoms with van der Waals surface area (Å²) in [6, 6.07) is 3.69. The molecule has 0 saturated carbocycles. The van der Waals surface area contributed by atoms with Crippen LogP contribution in [-0.4, -0.2) is 24.1 Å². The van der Waals surface area contributed by atoms with Crippen molar-refractivity contribution in [2.75, 3.05) is 18.4 Å². The van der Waals surface area contributed by atoms with Gasteiger partial charge in [0, 0.05) is 17.8 Å². The molecule has 1 atom stereocenters. The number of amides is 1. The second-order valence-electron chi connectivity index (χ2n) is 5.77. The monoisotopic (exact) mass is 276 g/mol. The van der Waals surface area contributed by atoms with Crippen LogP contribution >= 0.6 is 0 Å². The Balaban J connectivity index is 2.21. The van der Waals surface area contributed by atoms with E-state index in [-0.39, 0.29) is 17.1 Å². The summed E-state index contributed by atoms with van der Waals surface area (Å²) in [4.78, 5) is 12.6. The van der Waals surface area contributed by atoms with Crippen molar-refractivity contribution >= 4 is 11.6 Å². The average Bonchev–Trinajstić information content (AvgIpc) is 2.48. The fourth-order valence-electron chi connectivity index (χ4n) is 2.85. The molecule has 20 heavy (non-hydrogen) atoms. The summed E-state index contributed by atoms with van der Waals surface area (Å²) in [6.45, 7) is 7.46. The number of aryl methyl sites for hydroxylation is 1. The van der Waals surface area contributed by atoms with Gasteiger partial charge in [0.25, 0.3) is 0 Å². The molecule has 0 aliphatic carbocycles. The molecule has 4 heteroatoms. The fraction of sp³-hybridized carbons (Fsp3) is 0.562. The Hall–Kier alpha value is -1.55. The van der Waals surface area contributed by atoms with E-state index in [0.29, 0.717) is 5.69 Å². The molecule has 0 spiro atoms. The fourth-order valence-corrected chi connectivity index (χ4v) is 2.85. The van der Waals surface area contributed by atoms with Gasteiger partial charge in [-0.1, -0.05) is 13.0 Å². The van der Waals surface area contributed by atoms with E-state index >= 15 is 0 Å². The molecular weight excluding hydrogens is 252 g/mol. The van der Waals surface area contributed by atoms with Gasteiger partial charge in [-0.25, -0.2) is 0 Å². The van der Waals surface area contributed by atoms with Crippen LogP contribution in [0.4, 0.5) is 5.69 Å². The minimum Gasteiger partial charge on any atom is -0.507 e. The second-order valence-corrected chi connectivity index (χ2v) is 5.77. The lowest BCUT2D eigenvalue weighted by molar-refractivity contribution is -0.126. The largest absolute Gasteiger partial charge is 0.507 e. The molecule has 1 amide bonds. The molecule has 4 nitrogen and oxygen atoms in total. The maximum atomic E-state index is 12.6. The van der Waals surface area contributed by atoms with Crippen LogP contribution in [0.1, 0.15) is 37.3 Å². The zero-order valence-corrected chi connectivity index (χ0v) is 12.5. The van der Waals surface area contributed by atoms with Gasteiger partial charge in [-0.3, -0.25) is 4.79 Å². The van der Waals surface area contributed by atoms with Crippen LogP contribution in [0.25, 0.3) is 0 Å². The highest BCUT2D eigenvalue weighted by Gasteiger charge is 2.38. The third-order valence-corrected chi connectivity index (χ3v) is 4.51. The van der Waals surface area contributed by atoms with Gasteiger partial charge < -0.3 is 15.7 Å². The molecule has 110 valence electrons. The minimum atomic E-state index is -0.328. The average molecular weight is 276 g/mol. The summed E-state index contributed by atoms with van der Waals surface area (Å²) in [7, 11) is 0. The predicted octanol–water partition coefficient (Wildman–Crippen LogP) is 2.73. The van der Waals surface area contributed by atoms with E-state index in [4.69, 9.17) is 0 Å². The number of rotatable bonds is 3. The van der Waals surface area contributed by atoms with Gasteiger partial charge in [0.15, 0.2) is 0 Å². The van der Waals surface area contributed by atoms with E-state index < -0.39 is 0 Å². The zero-order chi connectivity index (χ0) is 14.8. The maximum absolute atomic E-state index is 12.6. The number of hydrogen-bond donors (Lipinski definition) is 3. The van der Waals surface area contributed by atoms with Gasteiger partial charge in [-0.05, 0) is 51.3 Å². The van der Waals surface area contributed by atoms with Crippen LogP contribution in [0.2, 0.25) is 0 Å². The van der Waals surface area contributed by atoms with Gasteiger partial charge in [-0.2, -0.15) is 0 Å². The molecule has 3 N–H and O–H groups in total. The Morgan fingerprint density at radius 1 is 1.45 bits per heavy atom. The van der Waals surface area contributed by atoms with Crippen molar-refractivity contribution in [3.05, 3.63) is 23.3 Å². The number of carbonyl (C=O) groups excluding carboxylic acids is 1. The Kier molecular flexibility index (Phi) is 4.33. The maximum Gasteiger partial charge on any atom is 0.231 e. The van der Waals surface area contributed by atoms with E-state index in [9.17, 15) is 9.90 Å². The molecule has 2 rings (SSSR count). The molecule has 1 fully saturated rings. The van der Waals surface area contributed by atoms with Crippen molar-refractivity contribution in [1.29, 1.82) is 0 Å². The lowest BCUT2D eigenvalue weighted by atomic mass is 9.77. The van der Waals surface area contributed by atoms with Gasteiger partial charge in [0.2, 0.25) is 5.91 Å². The number of phenols is 1. The molecule has 0 aromatic heterocycles. The highest BCUT2D eigenvalue weighted by Crippen LogP contribution is 2.34. The summed E-state index contributed by atoms with van der Waals surface area (Å²) in [5.41, 5.74) is 1.93. The molecule has 1 heterocycles. The first kappa shape index (κ1) is 14.9. The summed E-state index contributed by atoms with van der Waals surface area (Å²) >= 11 is 0. The summed E-state index contributed by atoms with van der Waals surface area (Å²) in [6.07, 6.45) is 2.77. The number of carbonyl (C=O) groups is 1. The smallest absolute Gasteiger partial charge is 0.231 e. The van der Waals surface area contributed by atoms with Crippen LogP contribution in [0.15, 0.2) is 12.1 Å². The minimum absolute atomic E-state index is 0.0542.